The van der Waals surface area contributed by atoms with E-state index in [-0.39, 0.29) is 0 Å². The van der Waals surface area contributed by atoms with Crippen LogP contribution in [0.1, 0.15) is 11.3 Å². The van der Waals surface area contributed by atoms with E-state index < -0.39 is 0 Å². The van der Waals surface area contributed by atoms with Crippen molar-refractivity contribution in [3.05, 3.63) is 59.9 Å². The highest BCUT2D eigenvalue weighted by Crippen LogP contribution is 2.31. The molecule has 0 amide bonds. The van der Waals surface area contributed by atoms with Gasteiger partial charge in [0.2, 0.25) is 11.4 Å². The summed E-state index contributed by atoms with van der Waals surface area (Å²) in [5.41, 5.74) is 6.12. The highest BCUT2D eigenvalue weighted by Gasteiger charge is 2.17. The average Bonchev–Trinajstić information content (AvgIpc) is 2.86. The second kappa shape index (κ2) is 4.67. The van der Waals surface area contributed by atoms with E-state index in [9.17, 15) is 0 Å². The first kappa shape index (κ1) is 13.0. The van der Waals surface area contributed by atoms with Crippen LogP contribution in [0.3, 0.4) is 0 Å². The Labute approximate surface area is 128 Å². The molecule has 108 valence electrons. The fourth-order valence-corrected chi connectivity index (χ4v) is 2.94. The normalized spacial score (nSPS) is 11.4. The van der Waals surface area contributed by atoms with E-state index in [1.54, 1.807) is 0 Å². The summed E-state index contributed by atoms with van der Waals surface area (Å²) >= 11 is 0. The average molecular weight is 289 g/mol. The lowest BCUT2D eigenvalue weighted by Crippen LogP contribution is -2.30. The Morgan fingerprint density at radius 1 is 1.00 bits per heavy atom. The molecule has 0 saturated carbocycles. The molecule has 3 heterocycles. The van der Waals surface area contributed by atoms with Crippen molar-refractivity contribution in [2.75, 3.05) is 0 Å². The van der Waals surface area contributed by atoms with Crippen molar-refractivity contribution in [3.8, 4) is 11.3 Å². The van der Waals surface area contributed by atoms with Gasteiger partial charge in [-0.3, -0.25) is 0 Å². The third-order valence-corrected chi connectivity index (χ3v) is 4.14. The molecule has 0 saturated heterocycles. The smallest absolute Gasteiger partial charge is 0.227 e. The Kier molecular flexibility index (Phi) is 2.76. The Morgan fingerprint density at radius 2 is 1.82 bits per heavy atom. The van der Waals surface area contributed by atoms with Crippen LogP contribution in [0, 0.1) is 13.8 Å². The van der Waals surface area contributed by atoms with Gasteiger partial charge in [0.15, 0.2) is 6.20 Å². The lowest BCUT2D eigenvalue weighted by Gasteiger charge is -2.04. The summed E-state index contributed by atoms with van der Waals surface area (Å²) in [4.78, 5) is 4.68. The Morgan fingerprint density at radius 3 is 2.68 bits per heavy atom. The molecule has 0 spiro atoms. The van der Waals surface area contributed by atoms with Crippen LogP contribution in [0.25, 0.3) is 33.3 Å². The summed E-state index contributed by atoms with van der Waals surface area (Å²) in [6.07, 6.45) is 2.09. The predicted molar refractivity (Wildman–Crippen MR) is 87.6 cm³/mol. The number of rotatable bonds is 1. The molecule has 4 rings (SSSR count). The standard InChI is InChI=1S/C19H17N2O/c1-12-8-9-21(3)17(10-12)15-11-16-14-6-4-5-7-18(14)22-19(16)20-13(15)2/h4-11H,1-3H3/q+1. The fourth-order valence-electron chi connectivity index (χ4n) is 2.94. The van der Waals surface area contributed by atoms with Crippen molar-refractivity contribution in [2.24, 2.45) is 7.05 Å². The first-order valence-corrected chi connectivity index (χ1v) is 7.39. The number of benzene rings is 1. The van der Waals surface area contributed by atoms with E-state index in [1.165, 1.54) is 5.56 Å². The fraction of sp³-hybridized carbons (Fsp3) is 0.158. The molecule has 0 aliphatic carbocycles. The van der Waals surface area contributed by atoms with Gasteiger partial charge in [0.25, 0.3) is 0 Å². The lowest BCUT2D eigenvalue weighted by atomic mass is 10.1. The number of furan rings is 1. The zero-order chi connectivity index (χ0) is 15.3. The predicted octanol–water partition coefficient (Wildman–Crippen LogP) is 4.09. The van der Waals surface area contributed by atoms with Crippen LogP contribution in [-0.2, 0) is 7.05 Å². The summed E-state index contributed by atoms with van der Waals surface area (Å²) < 4.78 is 7.99. The Hall–Kier alpha value is -2.68. The van der Waals surface area contributed by atoms with E-state index in [4.69, 9.17) is 4.42 Å². The summed E-state index contributed by atoms with van der Waals surface area (Å²) in [7, 11) is 2.06. The van der Waals surface area contributed by atoms with Gasteiger partial charge in [0.1, 0.15) is 12.6 Å². The van der Waals surface area contributed by atoms with Crippen LogP contribution < -0.4 is 4.57 Å². The van der Waals surface area contributed by atoms with E-state index in [0.29, 0.717) is 5.71 Å². The van der Waals surface area contributed by atoms with Crippen LogP contribution in [0.4, 0.5) is 0 Å². The molecule has 0 aliphatic heterocycles. The molecule has 0 unspecified atom stereocenters. The first-order chi connectivity index (χ1) is 10.6. The van der Waals surface area contributed by atoms with Crippen LogP contribution in [0.15, 0.2) is 53.1 Å². The van der Waals surface area contributed by atoms with Gasteiger partial charge in [-0.25, -0.2) is 9.55 Å². The van der Waals surface area contributed by atoms with Gasteiger partial charge in [0, 0.05) is 22.9 Å². The summed E-state index contributed by atoms with van der Waals surface area (Å²) in [6, 6.07) is 14.6. The third kappa shape index (κ3) is 1.90. The summed E-state index contributed by atoms with van der Waals surface area (Å²) in [5.74, 6) is 0. The van der Waals surface area contributed by atoms with Crippen LogP contribution >= 0.6 is 0 Å². The Balaban J connectivity index is 2.07. The van der Waals surface area contributed by atoms with Gasteiger partial charge in [-0.15, -0.1) is 0 Å². The monoisotopic (exact) mass is 289 g/mol. The lowest BCUT2D eigenvalue weighted by molar-refractivity contribution is -0.660. The number of aromatic nitrogens is 2. The maximum Gasteiger partial charge on any atom is 0.227 e. The number of hydrogen-bond donors (Lipinski definition) is 0. The molecule has 3 aromatic heterocycles. The molecular weight excluding hydrogens is 272 g/mol. The van der Waals surface area contributed by atoms with Gasteiger partial charge >= 0.3 is 0 Å². The van der Waals surface area contributed by atoms with E-state index in [2.05, 4.69) is 54.0 Å². The minimum absolute atomic E-state index is 0.706. The van der Waals surface area contributed by atoms with Crippen LogP contribution in [-0.4, -0.2) is 4.98 Å². The molecule has 0 radical (unpaired) electrons. The maximum atomic E-state index is 5.86. The second-order valence-electron chi connectivity index (χ2n) is 5.77. The largest absolute Gasteiger partial charge is 0.438 e. The third-order valence-electron chi connectivity index (χ3n) is 4.14. The van der Waals surface area contributed by atoms with Crippen molar-refractivity contribution in [1.82, 2.24) is 4.98 Å². The van der Waals surface area contributed by atoms with Gasteiger partial charge in [-0.2, -0.15) is 0 Å². The van der Waals surface area contributed by atoms with Crippen LogP contribution in [0.5, 0.6) is 0 Å². The highest BCUT2D eigenvalue weighted by atomic mass is 16.3. The van der Waals surface area contributed by atoms with Crippen molar-refractivity contribution in [1.29, 1.82) is 0 Å². The molecule has 0 fully saturated rings. The SMILES string of the molecule is Cc1cc[n+](C)c(-c2cc3c(nc2C)oc2ccccc23)c1. The molecule has 0 atom stereocenters. The number of aryl methyl sites for hydroxylation is 3. The molecule has 3 heteroatoms. The van der Waals surface area contributed by atoms with Crippen molar-refractivity contribution in [3.63, 3.8) is 0 Å². The first-order valence-electron chi connectivity index (χ1n) is 7.39. The number of nitrogens with zero attached hydrogens (tertiary/aromatic N) is 2. The molecule has 3 nitrogen and oxygen atoms in total. The minimum atomic E-state index is 0.706. The highest BCUT2D eigenvalue weighted by molar-refractivity contribution is 6.04. The summed E-state index contributed by atoms with van der Waals surface area (Å²) in [5, 5.41) is 2.18. The Bertz CT molecular complexity index is 1010. The molecule has 0 aliphatic rings. The quantitative estimate of drug-likeness (QED) is 0.494. The molecule has 22 heavy (non-hydrogen) atoms. The zero-order valence-electron chi connectivity index (χ0n) is 12.9. The topological polar surface area (TPSA) is 29.9 Å². The number of fused-ring (bicyclic) bond motifs is 3. The van der Waals surface area contributed by atoms with Crippen molar-refractivity contribution >= 4 is 22.1 Å². The van der Waals surface area contributed by atoms with E-state index in [0.717, 1.165) is 33.3 Å². The number of hydrogen-bond acceptors (Lipinski definition) is 2. The summed E-state index contributed by atoms with van der Waals surface area (Å²) in [6.45, 7) is 4.14. The van der Waals surface area contributed by atoms with Gasteiger partial charge < -0.3 is 4.42 Å². The van der Waals surface area contributed by atoms with Gasteiger partial charge in [-0.1, -0.05) is 18.2 Å². The van der Waals surface area contributed by atoms with Crippen LogP contribution in [0.2, 0.25) is 0 Å². The number of pyridine rings is 2. The van der Waals surface area contributed by atoms with Gasteiger partial charge in [-0.05, 0) is 31.5 Å². The molecule has 1 aromatic carbocycles. The molecular formula is C19H17N2O+. The molecule has 0 bridgehead atoms. The maximum absolute atomic E-state index is 5.86. The number of para-hydroxylation sites is 1. The van der Waals surface area contributed by atoms with Crippen molar-refractivity contribution < 1.29 is 8.98 Å². The van der Waals surface area contributed by atoms with Crippen molar-refractivity contribution in [2.45, 2.75) is 13.8 Å². The molecule has 0 N–H and O–H groups in total. The minimum Gasteiger partial charge on any atom is -0.438 e. The van der Waals surface area contributed by atoms with Gasteiger partial charge in [0.05, 0.1) is 11.3 Å². The second-order valence-corrected chi connectivity index (χ2v) is 5.77. The zero-order valence-corrected chi connectivity index (χ0v) is 12.9. The molecule has 4 aromatic rings. The van der Waals surface area contributed by atoms with E-state index in [1.807, 2.05) is 25.1 Å². The van der Waals surface area contributed by atoms with E-state index >= 15 is 0 Å².